The van der Waals surface area contributed by atoms with E-state index >= 15 is 0 Å². The van der Waals surface area contributed by atoms with Gasteiger partial charge < -0.3 is 14.2 Å². The van der Waals surface area contributed by atoms with Crippen LogP contribution in [-0.4, -0.2) is 37.1 Å². The summed E-state index contributed by atoms with van der Waals surface area (Å²) in [5.41, 5.74) is 0. The molecule has 0 fully saturated rings. The summed E-state index contributed by atoms with van der Waals surface area (Å²) in [4.78, 5) is 39.0. The first-order chi connectivity index (χ1) is 31.4. The van der Waals surface area contributed by atoms with Gasteiger partial charge in [-0.2, -0.15) is 0 Å². The molecule has 6 nitrogen and oxygen atoms in total. The van der Waals surface area contributed by atoms with Crippen LogP contribution in [0.4, 0.5) is 0 Å². The minimum absolute atomic E-state index is 0.126. The average molecular weight is 852 g/mol. The lowest BCUT2D eigenvalue weighted by atomic mass is 10.0. The SMILES string of the molecule is [2H]C([2H])(OC(=O)CCCCCCCCCCCCCCCC)C([2H])(OC(=O)CCCCCCCC/C=C/CCCCCC)C([2H])([2H])OC(=O)CCCCCCCCCCCCCCCC. The standard InChI is InChI=1S/C54H102O6/c1-4-7-10-13-16-19-22-25-28-31-34-37-40-43-46-52(55)58-49-51(60-54(57)48-45-42-39-36-33-30-27-24-21-18-15-12-9-6-3)50-59-53(56)47-44-41-38-35-32-29-26-23-20-17-14-11-8-5-2/h21,24,51H,4-20,22-23,25-50H2,1-3H3/b24-21+/i49D2,50D2,51D. The Labute approximate surface area is 380 Å². The van der Waals surface area contributed by atoms with E-state index in [9.17, 15) is 14.4 Å². The highest BCUT2D eigenvalue weighted by Crippen LogP contribution is 2.16. The summed E-state index contributed by atoms with van der Waals surface area (Å²) in [5.74, 6) is -2.94. The van der Waals surface area contributed by atoms with E-state index in [1.54, 1.807) is 0 Å². The van der Waals surface area contributed by atoms with Crippen molar-refractivity contribution in [2.24, 2.45) is 0 Å². The highest BCUT2D eigenvalue weighted by molar-refractivity contribution is 5.71. The minimum atomic E-state index is -3.49. The molecule has 0 aromatic carbocycles. The Hall–Kier alpha value is -1.85. The number of ether oxygens (including phenoxy) is 3. The van der Waals surface area contributed by atoms with Crippen molar-refractivity contribution in [3.8, 4) is 0 Å². The molecule has 0 unspecified atom stereocenters. The third kappa shape index (κ3) is 47.2. The molecule has 0 saturated carbocycles. The van der Waals surface area contributed by atoms with E-state index in [1.807, 2.05) is 0 Å². The van der Waals surface area contributed by atoms with Crippen molar-refractivity contribution in [1.82, 2.24) is 0 Å². The van der Waals surface area contributed by atoms with Crippen molar-refractivity contribution in [1.29, 1.82) is 0 Å². The lowest BCUT2D eigenvalue weighted by Gasteiger charge is -2.18. The van der Waals surface area contributed by atoms with Crippen LogP contribution in [-0.2, 0) is 28.6 Å². The third-order valence-corrected chi connectivity index (χ3v) is 11.6. The second kappa shape index (κ2) is 49.8. The normalized spacial score (nSPS) is 13.4. The summed E-state index contributed by atoms with van der Waals surface area (Å²) in [5, 5.41) is 0. The first kappa shape index (κ1) is 49.2. The Bertz CT molecular complexity index is 1090. The molecule has 0 atom stereocenters. The number of carbonyl (C=O) groups excluding carboxylic acids is 3. The number of allylic oxidation sites excluding steroid dienone is 2. The second-order valence-electron chi connectivity index (χ2n) is 17.6. The number of rotatable bonds is 49. The largest absolute Gasteiger partial charge is 0.462 e. The van der Waals surface area contributed by atoms with Crippen molar-refractivity contribution >= 4 is 17.9 Å². The Morgan fingerprint density at radius 2 is 0.600 bits per heavy atom. The van der Waals surface area contributed by atoms with Crippen LogP contribution in [0.1, 0.15) is 304 Å². The van der Waals surface area contributed by atoms with E-state index in [1.165, 1.54) is 141 Å². The zero-order chi connectivity index (χ0) is 48.2. The number of hydrogen-bond donors (Lipinski definition) is 0. The van der Waals surface area contributed by atoms with Crippen LogP contribution in [0.5, 0.6) is 0 Å². The molecular formula is C54H102O6. The van der Waals surface area contributed by atoms with Crippen molar-refractivity contribution in [3.05, 3.63) is 12.2 Å². The zero-order valence-corrected chi connectivity index (χ0v) is 40.0. The van der Waals surface area contributed by atoms with Gasteiger partial charge in [0.05, 0.1) is 6.85 Å². The molecule has 0 aromatic rings. The lowest BCUT2D eigenvalue weighted by molar-refractivity contribution is -0.167. The highest BCUT2D eigenvalue weighted by atomic mass is 16.6. The molecule has 0 saturated heterocycles. The van der Waals surface area contributed by atoms with Gasteiger partial charge in [0.25, 0.3) is 0 Å². The van der Waals surface area contributed by atoms with Gasteiger partial charge in [0, 0.05) is 19.3 Å². The summed E-state index contributed by atoms with van der Waals surface area (Å²) in [7, 11) is 0. The van der Waals surface area contributed by atoms with E-state index in [0.717, 1.165) is 96.3 Å². The maximum Gasteiger partial charge on any atom is 0.306 e. The average Bonchev–Trinajstić information content (AvgIpc) is 3.26. The van der Waals surface area contributed by atoms with Gasteiger partial charge in [0.15, 0.2) is 6.08 Å². The fourth-order valence-electron chi connectivity index (χ4n) is 7.63. The summed E-state index contributed by atoms with van der Waals surface area (Å²) in [6.07, 6.45) is 45.1. The fourth-order valence-corrected chi connectivity index (χ4v) is 7.63. The number of hydrogen-bond acceptors (Lipinski definition) is 6. The third-order valence-electron chi connectivity index (χ3n) is 11.6. The number of carbonyl (C=O) groups is 3. The van der Waals surface area contributed by atoms with Crippen molar-refractivity contribution in [3.63, 3.8) is 0 Å². The van der Waals surface area contributed by atoms with Crippen LogP contribution in [0.2, 0.25) is 0 Å². The molecule has 0 amide bonds. The Morgan fingerprint density at radius 1 is 0.367 bits per heavy atom. The fraction of sp³-hybridized carbons (Fsp3) is 0.907. The summed E-state index contributed by atoms with van der Waals surface area (Å²) < 4.78 is 58.8. The van der Waals surface area contributed by atoms with Crippen LogP contribution >= 0.6 is 0 Å². The molecule has 60 heavy (non-hydrogen) atoms. The molecule has 0 aliphatic heterocycles. The lowest BCUT2D eigenvalue weighted by Crippen LogP contribution is -2.30. The molecule has 0 aromatic heterocycles. The van der Waals surface area contributed by atoms with Crippen LogP contribution in [0.15, 0.2) is 12.2 Å². The van der Waals surface area contributed by atoms with Gasteiger partial charge in [0.1, 0.15) is 13.1 Å². The van der Waals surface area contributed by atoms with E-state index in [4.69, 9.17) is 21.1 Å². The van der Waals surface area contributed by atoms with Gasteiger partial charge in [-0.25, -0.2) is 0 Å². The molecule has 0 radical (unpaired) electrons. The number of unbranched alkanes of at least 4 members (excludes halogenated alkanes) is 36. The minimum Gasteiger partial charge on any atom is -0.462 e. The topological polar surface area (TPSA) is 78.9 Å². The predicted molar refractivity (Wildman–Crippen MR) is 256 cm³/mol. The van der Waals surface area contributed by atoms with Gasteiger partial charge in [0.2, 0.25) is 0 Å². The van der Waals surface area contributed by atoms with Crippen LogP contribution < -0.4 is 0 Å². The quantitative estimate of drug-likeness (QED) is 0.0263. The Kier molecular flexibility index (Phi) is 40.8. The molecule has 0 aliphatic carbocycles. The van der Waals surface area contributed by atoms with Crippen LogP contribution in [0.25, 0.3) is 0 Å². The summed E-state index contributed by atoms with van der Waals surface area (Å²) in [6.45, 7) is -0.197. The zero-order valence-electron chi connectivity index (χ0n) is 45.0. The maximum atomic E-state index is 13.1. The smallest absolute Gasteiger partial charge is 0.306 e. The van der Waals surface area contributed by atoms with Gasteiger partial charge in [-0.05, 0) is 44.9 Å². The van der Waals surface area contributed by atoms with Crippen molar-refractivity contribution in [2.45, 2.75) is 303 Å². The van der Waals surface area contributed by atoms with Crippen molar-refractivity contribution in [2.75, 3.05) is 13.1 Å². The molecular weight excluding hydrogens is 745 g/mol. The number of esters is 3. The molecule has 354 valence electrons. The van der Waals surface area contributed by atoms with E-state index in [0.29, 0.717) is 19.3 Å². The second-order valence-corrected chi connectivity index (χ2v) is 17.6. The monoisotopic (exact) mass is 852 g/mol. The molecule has 0 heterocycles. The van der Waals surface area contributed by atoms with Gasteiger partial charge >= 0.3 is 17.9 Å². The highest BCUT2D eigenvalue weighted by Gasteiger charge is 2.19. The Morgan fingerprint density at radius 3 is 0.900 bits per heavy atom. The first-order valence-electron chi connectivity index (χ1n) is 28.7. The molecule has 0 spiro atoms. The van der Waals surface area contributed by atoms with Gasteiger partial charge in [-0.1, -0.05) is 245 Å². The van der Waals surface area contributed by atoms with Crippen LogP contribution in [0.3, 0.4) is 0 Å². The molecule has 6 heteroatoms. The van der Waals surface area contributed by atoms with Gasteiger partial charge in [-0.15, -0.1) is 0 Å². The van der Waals surface area contributed by atoms with E-state index < -0.39 is 37.1 Å². The van der Waals surface area contributed by atoms with Gasteiger partial charge in [-0.3, -0.25) is 14.4 Å². The summed E-state index contributed by atoms with van der Waals surface area (Å²) in [6, 6.07) is 0. The molecule has 0 bridgehead atoms. The first-order valence-corrected chi connectivity index (χ1v) is 26.2. The van der Waals surface area contributed by atoms with E-state index in [2.05, 4.69) is 32.9 Å². The predicted octanol–water partition coefficient (Wildman–Crippen LogP) is 17.4. The molecule has 0 rings (SSSR count). The summed E-state index contributed by atoms with van der Waals surface area (Å²) >= 11 is 0. The maximum absolute atomic E-state index is 13.1. The van der Waals surface area contributed by atoms with E-state index in [-0.39, 0.29) is 19.3 Å². The van der Waals surface area contributed by atoms with Crippen molar-refractivity contribution < 1.29 is 35.4 Å². The molecule has 0 aliphatic rings. The Balaban J connectivity index is 4.99. The molecule has 0 N–H and O–H groups in total. The van der Waals surface area contributed by atoms with Crippen LogP contribution in [0, 0.1) is 0 Å².